The monoisotopic (exact) mass is 308 g/mol. The number of thiophene rings is 1. The van der Waals surface area contributed by atoms with Gasteiger partial charge in [0, 0.05) is 12.1 Å². The quantitative estimate of drug-likeness (QED) is 0.830. The zero-order valence-corrected chi connectivity index (χ0v) is 12.7. The molecule has 0 aliphatic rings. The first-order valence-electron chi connectivity index (χ1n) is 6.05. The Bertz CT molecular complexity index is 654. The Kier molecular flexibility index (Phi) is 4.54. The van der Waals surface area contributed by atoms with Crippen molar-refractivity contribution in [1.29, 1.82) is 0 Å². The Labute approximate surface area is 126 Å². The van der Waals surface area contributed by atoms with Crippen molar-refractivity contribution in [2.24, 2.45) is 0 Å². The number of nitrogen functional groups attached to an aromatic ring is 1. The van der Waals surface area contributed by atoms with Crippen LogP contribution in [-0.4, -0.2) is 27.2 Å². The largest absolute Gasteiger partial charge is 0.495 e. The van der Waals surface area contributed by atoms with Gasteiger partial charge >= 0.3 is 0 Å². The summed E-state index contributed by atoms with van der Waals surface area (Å²) < 4.78 is 15.5. The smallest absolute Gasteiger partial charge is 0.269 e. The van der Waals surface area contributed by atoms with E-state index < -0.39 is 0 Å². The van der Waals surface area contributed by atoms with E-state index >= 15 is 0 Å². The summed E-state index contributed by atoms with van der Waals surface area (Å²) in [5.74, 6) is 1.22. The lowest BCUT2D eigenvalue weighted by Crippen LogP contribution is -2.13. The SMILES string of the molecule is COc1cc(N)c(NC(=O)c2sccc2OC)cc1OC. The molecule has 0 spiro atoms. The number of anilines is 2. The van der Waals surface area contributed by atoms with Crippen LogP contribution in [-0.2, 0) is 0 Å². The third-order valence-electron chi connectivity index (χ3n) is 2.86. The van der Waals surface area contributed by atoms with Gasteiger partial charge in [0.25, 0.3) is 5.91 Å². The van der Waals surface area contributed by atoms with Gasteiger partial charge in [0.1, 0.15) is 10.6 Å². The van der Waals surface area contributed by atoms with Crippen molar-refractivity contribution in [1.82, 2.24) is 0 Å². The molecular weight excluding hydrogens is 292 g/mol. The van der Waals surface area contributed by atoms with Crippen LogP contribution in [0.15, 0.2) is 23.6 Å². The van der Waals surface area contributed by atoms with Gasteiger partial charge in [0.15, 0.2) is 11.5 Å². The molecule has 0 unspecified atom stereocenters. The standard InChI is InChI=1S/C14H16N2O4S/c1-18-10-4-5-21-13(10)14(17)16-9-7-12(20-3)11(19-2)6-8(9)15/h4-7H,15H2,1-3H3,(H,16,17). The fraction of sp³-hybridized carbons (Fsp3) is 0.214. The molecule has 2 aromatic rings. The molecule has 21 heavy (non-hydrogen) atoms. The second-order valence-electron chi connectivity index (χ2n) is 4.07. The number of rotatable bonds is 5. The van der Waals surface area contributed by atoms with E-state index in [1.54, 1.807) is 23.6 Å². The highest BCUT2D eigenvalue weighted by Crippen LogP contribution is 2.35. The minimum Gasteiger partial charge on any atom is -0.495 e. The number of methoxy groups -OCH3 is 3. The molecule has 1 aromatic heterocycles. The minimum atomic E-state index is -0.291. The van der Waals surface area contributed by atoms with E-state index in [1.807, 2.05) is 0 Å². The summed E-state index contributed by atoms with van der Waals surface area (Å²) in [6, 6.07) is 4.95. The van der Waals surface area contributed by atoms with E-state index in [9.17, 15) is 4.79 Å². The van der Waals surface area contributed by atoms with Crippen LogP contribution in [0.25, 0.3) is 0 Å². The summed E-state index contributed by atoms with van der Waals surface area (Å²) in [5.41, 5.74) is 6.75. The van der Waals surface area contributed by atoms with Crippen LogP contribution < -0.4 is 25.3 Å². The maximum absolute atomic E-state index is 12.3. The number of carbonyl (C=O) groups is 1. The third kappa shape index (κ3) is 3.03. The van der Waals surface area contributed by atoms with Crippen molar-refractivity contribution in [2.45, 2.75) is 0 Å². The molecule has 2 rings (SSSR count). The molecule has 112 valence electrons. The molecule has 0 saturated carbocycles. The molecule has 0 saturated heterocycles. The van der Waals surface area contributed by atoms with Crippen molar-refractivity contribution >= 4 is 28.6 Å². The second kappa shape index (κ2) is 6.36. The lowest BCUT2D eigenvalue weighted by Gasteiger charge is -2.13. The number of nitrogens with one attached hydrogen (secondary N) is 1. The van der Waals surface area contributed by atoms with Crippen LogP contribution in [0.4, 0.5) is 11.4 Å². The fourth-order valence-corrected chi connectivity index (χ4v) is 2.56. The number of carbonyl (C=O) groups excluding carboxylic acids is 1. The molecule has 0 aliphatic heterocycles. The van der Waals surface area contributed by atoms with Crippen molar-refractivity contribution in [2.75, 3.05) is 32.4 Å². The van der Waals surface area contributed by atoms with Crippen molar-refractivity contribution in [3.8, 4) is 17.2 Å². The summed E-state index contributed by atoms with van der Waals surface area (Å²) >= 11 is 1.29. The van der Waals surface area contributed by atoms with Crippen molar-refractivity contribution < 1.29 is 19.0 Å². The lowest BCUT2D eigenvalue weighted by atomic mass is 10.2. The van der Waals surface area contributed by atoms with Crippen molar-refractivity contribution in [3.05, 3.63) is 28.5 Å². The number of amides is 1. The summed E-state index contributed by atoms with van der Waals surface area (Å²) in [6.07, 6.45) is 0. The first-order chi connectivity index (χ1) is 10.1. The summed E-state index contributed by atoms with van der Waals surface area (Å²) in [6.45, 7) is 0. The van der Waals surface area contributed by atoms with E-state index in [4.69, 9.17) is 19.9 Å². The number of ether oxygens (including phenoxy) is 3. The molecule has 6 nitrogen and oxygen atoms in total. The first kappa shape index (κ1) is 15.0. The maximum atomic E-state index is 12.3. The predicted octanol–water partition coefficient (Wildman–Crippen LogP) is 2.61. The molecule has 0 radical (unpaired) electrons. The van der Waals surface area contributed by atoms with Crippen LogP contribution in [0, 0.1) is 0 Å². The van der Waals surface area contributed by atoms with E-state index in [2.05, 4.69) is 5.32 Å². The van der Waals surface area contributed by atoms with Gasteiger partial charge in [-0.1, -0.05) is 0 Å². The molecule has 7 heteroatoms. The summed E-state index contributed by atoms with van der Waals surface area (Å²) in [4.78, 5) is 12.7. The van der Waals surface area contributed by atoms with Gasteiger partial charge in [-0.25, -0.2) is 0 Å². The molecule has 0 aliphatic carbocycles. The van der Waals surface area contributed by atoms with Gasteiger partial charge in [-0.2, -0.15) is 0 Å². The van der Waals surface area contributed by atoms with Gasteiger partial charge in [0.05, 0.1) is 32.7 Å². The van der Waals surface area contributed by atoms with Crippen LogP contribution in [0.2, 0.25) is 0 Å². The topological polar surface area (TPSA) is 82.8 Å². The average molecular weight is 308 g/mol. The van der Waals surface area contributed by atoms with Gasteiger partial charge in [-0.05, 0) is 11.4 Å². The maximum Gasteiger partial charge on any atom is 0.269 e. The molecule has 1 aromatic carbocycles. The van der Waals surface area contributed by atoms with E-state index in [0.29, 0.717) is 33.5 Å². The number of benzene rings is 1. The van der Waals surface area contributed by atoms with Crippen molar-refractivity contribution in [3.63, 3.8) is 0 Å². The molecular formula is C14H16N2O4S. The number of hydrogen-bond donors (Lipinski definition) is 2. The van der Waals surface area contributed by atoms with Gasteiger partial charge in [-0.15, -0.1) is 11.3 Å². The zero-order chi connectivity index (χ0) is 15.4. The molecule has 0 fully saturated rings. The molecule has 3 N–H and O–H groups in total. The van der Waals surface area contributed by atoms with E-state index in [-0.39, 0.29) is 5.91 Å². The normalized spacial score (nSPS) is 10.0. The van der Waals surface area contributed by atoms with Crippen LogP contribution >= 0.6 is 11.3 Å². The summed E-state index contributed by atoms with van der Waals surface area (Å²) in [7, 11) is 4.55. The Balaban J connectivity index is 2.29. The highest BCUT2D eigenvalue weighted by molar-refractivity contribution is 7.12. The summed E-state index contributed by atoms with van der Waals surface area (Å²) in [5, 5.41) is 4.53. The van der Waals surface area contributed by atoms with Gasteiger partial charge in [-0.3, -0.25) is 4.79 Å². The second-order valence-corrected chi connectivity index (χ2v) is 4.98. The Morgan fingerprint density at radius 1 is 1.10 bits per heavy atom. The molecule has 0 bridgehead atoms. The van der Waals surface area contributed by atoms with Crippen LogP contribution in [0.1, 0.15) is 9.67 Å². The van der Waals surface area contributed by atoms with E-state index in [0.717, 1.165) is 0 Å². The third-order valence-corrected chi connectivity index (χ3v) is 3.75. The molecule has 0 atom stereocenters. The molecule has 1 amide bonds. The average Bonchev–Trinajstić information content (AvgIpc) is 2.97. The van der Waals surface area contributed by atoms with E-state index in [1.165, 1.54) is 32.7 Å². The van der Waals surface area contributed by atoms with Gasteiger partial charge < -0.3 is 25.3 Å². The predicted molar refractivity (Wildman–Crippen MR) is 82.8 cm³/mol. The number of hydrogen-bond acceptors (Lipinski definition) is 6. The Morgan fingerprint density at radius 2 is 1.71 bits per heavy atom. The zero-order valence-electron chi connectivity index (χ0n) is 11.9. The highest BCUT2D eigenvalue weighted by Gasteiger charge is 2.17. The number of nitrogens with two attached hydrogens (primary N) is 1. The van der Waals surface area contributed by atoms with Crippen LogP contribution in [0.5, 0.6) is 17.2 Å². The Morgan fingerprint density at radius 3 is 2.33 bits per heavy atom. The first-order valence-corrected chi connectivity index (χ1v) is 6.93. The minimum absolute atomic E-state index is 0.291. The fourth-order valence-electron chi connectivity index (χ4n) is 1.81. The highest BCUT2D eigenvalue weighted by atomic mass is 32.1. The Hall–Kier alpha value is -2.41. The van der Waals surface area contributed by atoms with Crippen LogP contribution in [0.3, 0.4) is 0 Å². The lowest BCUT2D eigenvalue weighted by molar-refractivity contribution is 0.102. The molecule has 1 heterocycles. The van der Waals surface area contributed by atoms with Gasteiger partial charge in [0.2, 0.25) is 0 Å².